The van der Waals surface area contributed by atoms with Gasteiger partial charge in [0.05, 0.1) is 5.92 Å². The molecule has 1 N–H and O–H groups in total. The van der Waals surface area contributed by atoms with E-state index in [4.69, 9.17) is 0 Å². The lowest BCUT2D eigenvalue weighted by Crippen LogP contribution is -2.45. The molecule has 1 aliphatic heterocycles. The smallest absolute Gasteiger partial charge is 0.225 e. The number of fused-ring (bicyclic) bond motifs is 1. The van der Waals surface area contributed by atoms with Crippen molar-refractivity contribution in [3.05, 3.63) is 18.0 Å². The maximum absolute atomic E-state index is 12.6. The lowest BCUT2D eigenvalue weighted by molar-refractivity contribution is -0.125. The van der Waals surface area contributed by atoms with E-state index in [1.807, 2.05) is 19.1 Å². The van der Waals surface area contributed by atoms with Crippen LogP contribution in [-0.4, -0.2) is 44.8 Å². The van der Waals surface area contributed by atoms with Gasteiger partial charge in [-0.15, -0.1) is 15.3 Å². The number of anilines is 1. The van der Waals surface area contributed by atoms with Crippen molar-refractivity contribution in [1.29, 1.82) is 0 Å². The molecule has 2 fully saturated rings. The fourth-order valence-electron chi connectivity index (χ4n) is 3.84. The molecule has 2 aromatic rings. The summed E-state index contributed by atoms with van der Waals surface area (Å²) in [7, 11) is 0. The van der Waals surface area contributed by atoms with Gasteiger partial charge in [-0.05, 0) is 44.7 Å². The normalized spacial score (nSPS) is 22.2. The summed E-state index contributed by atoms with van der Waals surface area (Å²) in [6, 6.07) is 4.30. The molecule has 4 rings (SSSR count). The number of aryl methyl sites for hydroxylation is 1. The fraction of sp³-hybridized carbons (Fsp3) is 0.647. The molecule has 0 bridgehead atoms. The van der Waals surface area contributed by atoms with Crippen LogP contribution in [0.25, 0.3) is 5.65 Å². The largest absolute Gasteiger partial charge is 0.354 e. The maximum atomic E-state index is 12.6. The molecule has 0 spiro atoms. The van der Waals surface area contributed by atoms with Gasteiger partial charge in [0.2, 0.25) is 5.91 Å². The van der Waals surface area contributed by atoms with Crippen molar-refractivity contribution in [3.8, 4) is 0 Å². The average molecular weight is 328 g/mol. The number of carbonyl (C=O) groups excluding carboxylic acids is 1. The Labute approximate surface area is 141 Å². The first-order valence-corrected chi connectivity index (χ1v) is 8.95. The Morgan fingerprint density at radius 1 is 1.17 bits per heavy atom. The summed E-state index contributed by atoms with van der Waals surface area (Å²) in [6.07, 6.45) is 6.72. The summed E-state index contributed by atoms with van der Waals surface area (Å²) in [4.78, 5) is 14.8. The van der Waals surface area contributed by atoms with Gasteiger partial charge in [0.1, 0.15) is 5.82 Å². The van der Waals surface area contributed by atoms with Crippen molar-refractivity contribution in [2.24, 2.45) is 5.92 Å². The third kappa shape index (κ3) is 2.95. The monoisotopic (exact) mass is 328 g/mol. The molecule has 2 aromatic heterocycles. The van der Waals surface area contributed by atoms with Gasteiger partial charge < -0.3 is 10.2 Å². The van der Waals surface area contributed by atoms with E-state index in [9.17, 15) is 4.79 Å². The number of piperidine rings is 1. The molecule has 3 heterocycles. The molecule has 1 saturated heterocycles. The Bertz CT molecular complexity index is 736. The van der Waals surface area contributed by atoms with Gasteiger partial charge in [-0.2, -0.15) is 4.52 Å². The Morgan fingerprint density at radius 2 is 2.00 bits per heavy atom. The Balaban J connectivity index is 1.46. The summed E-state index contributed by atoms with van der Waals surface area (Å²) >= 11 is 0. The Morgan fingerprint density at radius 3 is 2.83 bits per heavy atom. The first kappa shape index (κ1) is 15.4. The van der Waals surface area contributed by atoms with Crippen LogP contribution >= 0.6 is 0 Å². The molecule has 0 radical (unpaired) electrons. The molecule has 1 amide bonds. The summed E-state index contributed by atoms with van der Waals surface area (Å²) in [6.45, 7) is 3.57. The van der Waals surface area contributed by atoms with Crippen molar-refractivity contribution < 1.29 is 4.79 Å². The van der Waals surface area contributed by atoms with Gasteiger partial charge in [0, 0.05) is 19.1 Å². The quantitative estimate of drug-likeness (QED) is 0.928. The Kier molecular flexibility index (Phi) is 4.08. The van der Waals surface area contributed by atoms with E-state index in [-0.39, 0.29) is 11.8 Å². The highest BCUT2D eigenvalue weighted by molar-refractivity contribution is 5.79. The zero-order chi connectivity index (χ0) is 16.5. The summed E-state index contributed by atoms with van der Waals surface area (Å²) in [5, 5.41) is 16.0. The van der Waals surface area contributed by atoms with Crippen LogP contribution in [0.15, 0.2) is 12.1 Å². The topological polar surface area (TPSA) is 75.4 Å². The van der Waals surface area contributed by atoms with E-state index in [0.29, 0.717) is 6.04 Å². The zero-order valence-corrected chi connectivity index (χ0v) is 14.1. The highest BCUT2D eigenvalue weighted by Crippen LogP contribution is 2.24. The molecular weight excluding hydrogens is 304 g/mol. The maximum Gasteiger partial charge on any atom is 0.225 e. The highest BCUT2D eigenvalue weighted by atomic mass is 16.2. The van der Waals surface area contributed by atoms with E-state index in [1.165, 1.54) is 12.8 Å². The number of amides is 1. The molecule has 7 nitrogen and oxygen atoms in total. The number of nitrogens with one attached hydrogen (secondary N) is 1. The summed E-state index contributed by atoms with van der Waals surface area (Å²) in [5.41, 5.74) is 0.754. The van der Waals surface area contributed by atoms with Crippen molar-refractivity contribution in [3.63, 3.8) is 0 Å². The molecule has 2 aliphatic rings. The second kappa shape index (κ2) is 6.37. The standard InChI is InChI=1S/C17H24N6O/c1-12-19-20-15-8-9-16(21-23(12)15)22-10-4-5-13(11-22)17(24)18-14-6-2-3-7-14/h8-9,13-14H,2-7,10-11H2,1H3,(H,18,24). The molecular formula is C17H24N6O. The molecule has 7 heteroatoms. The van der Waals surface area contributed by atoms with Crippen LogP contribution in [0.5, 0.6) is 0 Å². The van der Waals surface area contributed by atoms with Crippen molar-refractivity contribution >= 4 is 17.4 Å². The first-order valence-electron chi connectivity index (χ1n) is 8.95. The molecule has 1 aliphatic carbocycles. The van der Waals surface area contributed by atoms with Crippen LogP contribution in [0.3, 0.4) is 0 Å². The van der Waals surface area contributed by atoms with E-state index in [2.05, 4.69) is 25.5 Å². The van der Waals surface area contributed by atoms with Crippen LogP contribution in [0.1, 0.15) is 44.3 Å². The third-order valence-electron chi connectivity index (χ3n) is 5.22. The van der Waals surface area contributed by atoms with Crippen molar-refractivity contribution in [2.75, 3.05) is 18.0 Å². The second-order valence-corrected chi connectivity index (χ2v) is 6.98. The van der Waals surface area contributed by atoms with Crippen LogP contribution in [-0.2, 0) is 4.79 Å². The third-order valence-corrected chi connectivity index (χ3v) is 5.22. The minimum Gasteiger partial charge on any atom is -0.354 e. The fourth-order valence-corrected chi connectivity index (χ4v) is 3.84. The number of carbonyl (C=O) groups is 1. The number of rotatable bonds is 3. The SMILES string of the molecule is Cc1nnc2ccc(N3CCCC(C(=O)NC4CCCC4)C3)nn12. The predicted molar refractivity (Wildman–Crippen MR) is 90.9 cm³/mol. The second-order valence-electron chi connectivity index (χ2n) is 6.98. The van der Waals surface area contributed by atoms with Gasteiger partial charge >= 0.3 is 0 Å². The molecule has 0 aromatic carbocycles. The molecule has 1 atom stereocenters. The van der Waals surface area contributed by atoms with Crippen LogP contribution in [0.4, 0.5) is 5.82 Å². The van der Waals surface area contributed by atoms with E-state index in [1.54, 1.807) is 4.52 Å². The van der Waals surface area contributed by atoms with Crippen LogP contribution < -0.4 is 10.2 Å². The number of hydrogen-bond acceptors (Lipinski definition) is 5. The van der Waals surface area contributed by atoms with Crippen molar-refractivity contribution in [1.82, 2.24) is 25.1 Å². The minimum atomic E-state index is 0.0545. The van der Waals surface area contributed by atoms with Crippen LogP contribution in [0, 0.1) is 12.8 Å². The van der Waals surface area contributed by atoms with Gasteiger partial charge in [-0.3, -0.25) is 4.79 Å². The van der Waals surface area contributed by atoms with E-state index in [0.717, 1.165) is 56.1 Å². The van der Waals surface area contributed by atoms with Crippen LogP contribution in [0.2, 0.25) is 0 Å². The van der Waals surface area contributed by atoms with E-state index >= 15 is 0 Å². The highest BCUT2D eigenvalue weighted by Gasteiger charge is 2.28. The van der Waals surface area contributed by atoms with Gasteiger partial charge in [-0.1, -0.05) is 12.8 Å². The number of hydrogen-bond donors (Lipinski definition) is 1. The average Bonchev–Trinajstić information content (AvgIpc) is 3.25. The van der Waals surface area contributed by atoms with E-state index < -0.39 is 0 Å². The lowest BCUT2D eigenvalue weighted by atomic mass is 9.96. The first-order chi connectivity index (χ1) is 11.7. The predicted octanol–water partition coefficient (Wildman–Crippen LogP) is 1.71. The molecule has 24 heavy (non-hydrogen) atoms. The lowest BCUT2D eigenvalue weighted by Gasteiger charge is -2.33. The number of nitrogens with zero attached hydrogens (tertiary/aromatic N) is 5. The molecule has 1 unspecified atom stereocenters. The van der Waals surface area contributed by atoms with Gasteiger partial charge in [0.25, 0.3) is 0 Å². The van der Waals surface area contributed by atoms with Gasteiger partial charge in [-0.25, -0.2) is 0 Å². The number of aromatic nitrogens is 4. The minimum absolute atomic E-state index is 0.0545. The molecule has 1 saturated carbocycles. The molecule has 128 valence electrons. The zero-order valence-electron chi connectivity index (χ0n) is 14.1. The van der Waals surface area contributed by atoms with Gasteiger partial charge in [0.15, 0.2) is 11.5 Å². The summed E-state index contributed by atoms with van der Waals surface area (Å²) in [5.74, 6) is 1.94. The van der Waals surface area contributed by atoms with Crippen molar-refractivity contribution in [2.45, 2.75) is 51.5 Å². The Hall–Kier alpha value is -2.18. The summed E-state index contributed by atoms with van der Waals surface area (Å²) < 4.78 is 1.76.